The fourth-order valence-electron chi connectivity index (χ4n) is 4.41. The van der Waals surface area contributed by atoms with Crippen LogP contribution in [-0.2, 0) is 22.1 Å². The van der Waals surface area contributed by atoms with E-state index in [9.17, 15) is 13.8 Å². The maximum Gasteiger partial charge on any atom is 0.253 e. The number of anilines is 1. The lowest BCUT2D eigenvalue weighted by Gasteiger charge is -2.35. The van der Waals surface area contributed by atoms with E-state index >= 15 is 0 Å². The van der Waals surface area contributed by atoms with E-state index in [1.165, 1.54) is 0 Å². The molecule has 0 unspecified atom stereocenters. The summed E-state index contributed by atoms with van der Waals surface area (Å²) in [5.74, 6) is 0.737. The lowest BCUT2D eigenvalue weighted by molar-refractivity contribution is -0.116. The van der Waals surface area contributed by atoms with Gasteiger partial charge in [-0.1, -0.05) is 44.2 Å². The topological polar surface area (TPSA) is 57.7 Å². The average Bonchev–Trinajstić information content (AvgIpc) is 2.70. The van der Waals surface area contributed by atoms with Gasteiger partial charge in [0.05, 0.1) is 27.9 Å². The van der Waals surface area contributed by atoms with E-state index in [0.717, 1.165) is 25.1 Å². The molecule has 1 fully saturated rings. The average molecular weight is 411 g/mol. The van der Waals surface area contributed by atoms with Crippen LogP contribution in [0.5, 0.6) is 0 Å². The first-order valence-electron chi connectivity index (χ1n) is 10.1. The molecule has 152 valence electrons. The fourth-order valence-corrected chi connectivity index (χ4v) is 5.56. The first-order chi connectivity index (χ1) is 13.9. The van der Waals surface area contributed by atoms with E-state index < -0.39 is 10.8 Å². The standard InChI is InChI=1S/C23H26N2O3S/c1-16-10-17(2)13-24(12-16)23(27)19-8-9-21-20(11-19)25(22(26)15-29(21)28)14-18-6-4-3-5-7-18/h3-9,11,16-17H,10,12-15H2,1-2H3/t16-,17+,29-/m0/s1. The molecule has 2 aliphatic heterocycles. The van der Waals surface area contributed by atoms with Crippen LogP contribution >= 0.6 is 0 Å². The lowest BCUT2D eigenvalue weighted by atomic mass is 9.91. The van der Waals surface area contributed by atoms with Crippen molar-refractivity contribution >= 4 is 28.3 Å². The van der Waals surface area contributed by atoms with Crippen LogP contribution in [0.25, 0.3) is 0 Å². The molecule has 29 heavy (non-hydrogen) atoms. The van der Waals surface area contributed by atoms with E-state index in [1.54, 1.807) is 23.1 Å². The maximum atomic E-state index is 13.2. The third-order valence-corrected chi connectivity index (χ3v) is 6.98. The zero-order chi connectivity index (χ0) is 20.5. The van der Waals surface area contributed by atoms with Crippen molar-refractivity contribution in [3.8, 4) is 0 Å². The van der Waals surface area contributed by atoms with E-state index in [-0.39, 0.29) is 17.6 Å². The van der Waals surface area contributed by atoms with Crippen molar-refractivity contribution in [2.45, 2.75) is 31.7 Å². The molecular weight excluding hydrogens is 384 g/mol. The Kier molecular flexibility index (Phi) is 5.54. The third-order valence-electron chi connectivity index (χ3n) is 5.64. The minimum absolute atomic E-state index is 0.0188. The Balaban J connectivity index is 1.67. The zero-order valence-corrected chi connectivity index (χ0v) is 17.7. The number of fused-ring (bicyclic) bond motifs is 1. The molecule has 2 aliphatic rings. The normalized spacial score (nSPS) is 24.3. The summed E-state index contributed by atoms with van der Waals surface area (Å²) in [5, 5.41) is 0. The monoisotopic (exact) mass is 410 g/mol. The number of amides is 2. The van der Waals surface area contributed by atoms with Crippen LogP contribution in [0.1, 0.15) is 36.2 Å². The molecule has 0 aliphatic carbocycles. The third kappa shape index (κ3) is 4.13. The van der Waals surface area contributed by atoms with Gasteiger partial charge >= 0.3 is 0 Å². The Morgan fingerprint density at radius 2 is 1.76 bits per heavy atom. The number of rotatable bonds is 3. The number of nitrogens with zero attached hydrogens (tertiary/aromatic N) is 2. The SMILES string of the molecule is C[C@@H]1C[C@H](C)CN(C(=O)c2ccc3c(c2)N(Cc2ccccc2)C(=O)C[S@@]3=O)C1. The van der Waals surface area contributed by atoms with Crippen LogP contribution in [0, 0.1) is 11.8 Å². The largest absolute Gasteiger partial charge is 0.338 e. The van der Waals surface area contributed by atoms with E-state index in [4.69, 9.17) is 0 Å². The molecule has 0 saturated carbocycles. The summed E-state index contributed by atoms with van der Waals surface area (Å²) < 4.78 is 12.5. The van der Waals surface area contributed by atoms with Crippen molar-refractivity contribution in [3.63, 3.8) is 0 Å². The molecule has 4 rings (SSSR count). The molecule has 0 N–H and O–H groups in total. The van der Waals surface area contributed by atoms with Crippen LogP contribution < -0.4 is 4.90 Å². The summed E-state index contributed by atoms with van der Waals surface area (Å²) in [6.07, 6.45) is 1.13. The molecule has 0 aromatic heterocycles. The summed E-state index contributed by atoms with van der Waals surface area (Å²) >= 11 is 0. The predicted molar refractivity (Wildman–Crippen MR) is 114 cm³/mol. The summed E-state index contributed by atoms with van der Waals surface area (Å²) in [7, 11) is -1.38. The molecule has 2 heterocycles. The van der Waals surface area contributed by atoms with Crippen LogP contribution in [0.15, 0.2) is 53.4 Å². The summed E-state index contributed by atoms with van der Waals surface area (Å²) in [5.41, 5.74) is 2.14. The number of carbonyl (C=O) groups is 2. The molecule has 2 aromatic carbocycles. The van der Waals surface area contributed by atoms with Gasteiger partial charge < -0.3 is 9.80 Å². The molecule has 0 radical (unpaired) electrons. The van der Waals surface area contributed by atoms with E-state index in [0.29, 0.717) is 34.5 Å². The quantitative estimate of drug-likeness (QED) is 0.779. The Morgan fingerprint density at radius 1 is 1.07 bits per heavy atom. The highest BCUT2D eigenvalue weighted by atomic mass is 32.2. The highest BCUT2D eigenvalue weighted by Gasteiger charge is 2.31. The van der Waals surface area contributed by atoms with Gasteiger partial charge in [-0.2, -0.15) is 0 Å². The first-order valence-corrected chi connectivity index (χ1v) is 11.4. The van der Waals surface area contributed by atoms with Crippen molar-refractivity contribution in [1.29, 1.82) is 0 Å². The number of likely N-dealkylation sites (tertiary alicyclic amines) is 1. The van der Waals surface area contributed by atoms with Crippen LogP contribution in [-0.4, -0.2) is 39.8 Å². The van der Waals surface area contributed by atoms with Crippen molar-refractivity contribution in [2.75, 3.05) is 23.7 Å². The number of hydrogen-bond donors (Lipinski definition) is 0. The summed E-state index contributed by atoms with van der Waals surface area (Å²) in [6.45, 7) is 6.25. The second kappa shape index (κ2) is 8.11. The second-order valence-electron chi connectivity index (χ2n) is 8.29. The molecule has 2 amide bonds. The van der Waals surface area contributed by atoms with Gasteiger partial charge in [0.2, 0.25) is 5.91 Å². The minimum Gasteiger partial charge on any atom is -0.338 e. The second-order valence-corrected chi connectivity index (χ2v) is 9.71. The molecule has 2 aromatic rings. The molecule has 0 spiro atoms. The molecule has 0 bridgehead atoms. The van der Waals surface area contributed by atoms with Gasteiger partial charge in [-0.25, -0.2) is 0 Å². The molecule has 1 saturated heterocycles. The Morgan fingerprint density at radius 3 is 2.45 bits per heavy atom. The Bertz CT molecular complexity index is 950. The van der Waals surface area contributed by atoms with Gasteiger partial charge in [0, 0.05) is 18.7 Å². The van der Waals surface area contributed by atoms with Crippen LogP contribution in [0.2, 0.25) is 0 Å². The number of benzene rings is 2. The van der Waals surface area contributed by atoms with Crippen LogP contribution in [0.3, 0.4) is 0 Å². The van der Waals surface area contributed by atoms with Crippen LogP contribution in [0.4, 0.5) is 5.69 Å². The highest BCUT2D eigenvalue weighted by molar-refractivity contribution is 7.86. The Labute approximate surface area is 174 Å². The maximum absolute atomic E-state index is 13.2. The molecular formula is C23H26N2O3S. The summed E-state index contributed by atoms with van der Waals surface area (Å²) in [4.78, 5) is 30.0. The molecule has 6 heteroatoms. The van der Waals surface area contributed by atoms with Crippen molar-refractivity contribution in [1.82, 2.24) is 4.90 Å². The summed E-state index contributed by atoms with van der Waals surface area (Å²) in [6, 6.07) is 15.0. The predicted octanol–water partition coefficient (Wildman–Crippen LogP) is 3.46. The van der Waals surface area contributed by atoms with Gasteiger partial charge in [0.25, 0.3) is 5.91 Å². The van der Waals surface area contributed by atoms with Gasteiger partial charge in [-0.3, -0.25) is 13.8 Å². The van der Waals surface area contributed by atoms with E-state index in [2.05, 4.69) is 13.8 Å². The smallest absolute Gasteiger partial charge is 0.253 e. The van der Waals surface area contributed by atoms with Crippen molar-refractivity contribution in [2.24, 2.45) is 11.8 Å². The van der Waals surface area contributed by atoms with Crippen molar-refractivity contribution in [3.05, 3.63) is 59.7 Å². The Hall–Kier alpha value is -2.47. The highest BCUT2D eigenvalue weighted by Crippen LogP contribution is 2.32. The number of hydrogen-bond acceptors (Lipinski definition) is 3. The van der Waals surface area contributed by atoms with E-state index in [1.807, 2.05) is 35.2 Å². The number of piperidine rings is 1. The van der Waals surface area contributed by atoms with Gasteiger partial charge in [0.15, 0.2) is 0 Å². The van der Waals surface area contributed by atoms with Gasteiger partial charge in [-0.05, 0) is 42.0 Å². The lowest BCUT2D eigenvalue weighted by Crippen LogP contribution is -2.43. The molecule has 5 nitrogen and oxygen atoms in total. The molecule has 3 atom stereocenters. The fraction of sp³-hybridized carbons (Fsp3) is 0.391. The first kappa shape index (κ1) is 19.8. The minimum atomic E-state index is -1.38. The van der Waals surface area contributed by atoms with Crippen molar-refractivity contribution < 1.29 is 13.8 Å². The zero-order valence-electron chi connectivity index (χ0n) is 16.8. The number of carbonyl (C=O) groups excluding carboxylic acids is 2. The van der Waals surface area contributed by atoms with Gasteiger partial charge in [0.1, 0.15) is 5.75 Å². The van der Waals surface area contributed by atoms with Gasteiger partial charge in [-0.15, -0.1) is 0 Å².